The molecule has 3 aromatic rings. The van der Waals surface area contributed by atoms with Crippen molar-refractivity contribution in [2.45, 2.75) is 79.4 Å². The molecular formula is C34H38FNO5. The Bertz CT molecular complexity index is 1570. The van der Waals surface area contributed by atoms with E-state index in [2.05, 4.69) is 0 Å². The second-order valence-corrected chi connectivity index (χ2v) is 12.2. The number of rotatable bonds is 5. The number of aryl methyl sites for hydroxylation is 2. The molecule has 2 aliphatic rings. The van der Waals surface area contributed by atoms with Crippen LogP contribution >= 0.6 is 0 Å². The van der Waals surface area contributed by atoms with Gasteiger partial charge in [-0.05, 0) is 125 Å². The van der Waals surface area contributed by atoms with E-state index in [4.69, 9.17) is 9.47 Å². The summed E-state index contributed by atoms with van der Waals surface area (Å²) in [5.41, 5.74) is 7.47. The van der Waals surface area contributed by atoms with E-state index < -0.39 is 23.5 Å². The number of benzene rings is 3. The van der Waals surface area contributed by atoms with Crippen LogP contribution in [0, 0.1) is 33.5 Å². The highest BCUT2D eigenvalue weighted by molar-refractivity contribution is 6.09. The average molecular weight is 560 g/mol. The number of anilines is 1. The Morgan fingerprint density at radius 2 is 1.76 bits per heavy atom. The van der Waals surface area contributed by atoms with Crippen molar-refractivity contribution >= 4 is 17.6 Å². The maximum atomic E-state index is 15.6. The van der Waals surface area contributed by atoms with Gasteiger partial charge in [0.25, 0.3) is 5.91 Å². The van der Waals surface area contributed by atoms with Crippen molar-refractivity contribution in [1.82, 2.24) is 0 Å². The Balaban J connectivity index is 1.78. The Morgan fingerprint density at radius 1 is 1.02 bits per heavy atom. The Kier molecular flexibility index (Phi) is 7.45. The zero-order valence-electron chi connectivity index (χ0n) is 24.9. The molecule has 216 valence electrons. The minimum atomic E-state index is -1.28. The van der Waals surface area contributed by atoms with Gasteiger partial charge in [-0.2, -0.15) is 0 Å². The third kappa shape index (κ3) is 5.12. The third-order valence-electron chi connectivity index (χ3n) is 8.28. The molecule has 5 rings (SSSR count). The number of carboxylic acids is 1. The first kappa shape index (κ1) is 28.8. The number of nitrogens with zero attached hydrogens (tertiary/aromatic N) is 1. The Morgan fingerprint density at radius 3 is 2.44 bits per heavy atom. The van der Waals surface area contributed by atoms with E-state index in [9.17, 15) is 14.7 Å². The molecule has 1 amide bonds. The quantitative estimate of drug-likeness (QED) is 0.358. The zero-order valence-corrected chi connectivity index (χ0v) is 24.9. The highest BCUT2D eigenvalue weighted by Gasteiger charge is 2.37. The van der Waals surface area contributed by atoms with Crippen LogP contribution in [0.25, 0.3) is 11.1 Å². The van der Waals surface area contributed by atoms with Gasteiger partial charge in [-0.3, -0.25) is 4.79 Å². The molecule has 1 N–H and O–H groups in total. The second kappa shape index (κ2) is 10.6. The molecule has 41 heavy (non-hydrogen) atoms. The van der Waals surface area contributed by atoms with Gasteiger partial charge in [0.15, 0.2) is 17.7 Å². The molecule has 0 spiro atoms. The number of carboxylic acid groups (broad SMARTS) is 1. The number of amides is 1. The van der Waals surface area contributed by atoms with Gasteiger partial charge in [0.2, 0.25) is 0 Å². The molecule has 0 bridgehead atoms. The van der Waals surface area contributed by atoms with E-state index in [1.54, 1.807) is 4.90 Å². The summed E-state index contributed by atoms with van der Waals surface area (Å²) in [5, 5.41) is 10.4. The third-order valence-corrected chi connectivity index (χ3v) is 8.28. The summed E-state index contributed by atoms with van der Waals surface area (Å²) in [4.78, 5) is 28.4. The van der Waals surface area contributed by atoms with Crippen LogP contribution in [0.3, 0.4) is 0 Å². The molecule has 3 aromatic carbocycles. The monoisotopic (exact) mass is 559 g/mol. The number of carbonyl (C=O) groups is 2. The zero-order chi connectivity index (χ0) is 29.8. The second-order valence-electron chi connectivity index (χ2n) is 12.2. The molecule has 0 aliphatic carbocycles. The van der Waals surface area contributed by atoms with Gasteiger partial charge in [0.1, 0.15) is 0 Å². The van der Waals surface area contributed by atoms with Crippen LogP contribution < -0.4 is 9.64 Å². The van der Waals surface area contributed by atoms with Crippen LogP contribution in [0.15, 0.2) is 30.3 Å². The molecule has 6 nitrogen and oxygen atoms in total. The van der Waals surface area contributed by atoms with E-state index in [1.165, 1.54) is 6.07 Å². The van der Waals surface area contributed by atoms with Gasteiger partial charge in [-0.25, -0.2) is 9.18 Å². The maximum absolute atomic E-state index is 15.6. The predicted molar refractivity (Wildman–Crippen MR) is 158 cm³/mol. The number of fused-ring (bicyclic) bond motifs is 2. The molecule has 2 heterocycles. The van der Waals surface area contributed by atoms with Gasteiger partial charge in [-0.15, -0.1) is 0 Å². The minimum absolute atomic E-state index is 0.106. The first-order valence-corrected chi connectivity index (χ1v) is 14.2. The number of hydrogen-bond donors (Lipinski definition) is 1. The lowest BCUT2D eigenvalue weighted by molar-refractivity contribution is -0.160. The topological polar surface area (TPSA) is 76.1 Å². The maximum Gasteiger partial charge on any atom is 0.337 e. The van der Waals surface area contributed by atoms with Crippen LogP contribution in [0.2, 0.25) is 0 Å². The number of hydrogen-bond acceptors (Lipinski definition) is 4. The summed E-state index contributed by atoms with van der Waals surface area (Å²) in [5.74, 6) is -1.42. The van der Waals surface area contributed by atoms with Crippen LogP contribution in [0.4, 0.5) is 10.1 Å². The summed E-state index contributed by atoms with van der Waals surface area (Å²) in [6, 6.07) is 9.06. The van der Waals surface area contributed by atoms with Crippen molar-refractivity contribution in [2.75, 3.05) is 18.1 Å². The van der Waals surface area contributed by atoms with Crippen LogP contribution in [-0.4, -0.2) is 35.7 Å². The molecule has 7 heteroatoms. The van der Waals surface area contributed by atoms with Crippen LogP contribution in [0.5, 0.6) is 5.75 Å². The average Bonchev–Trinajstić information content (AvgIpc) is 3.33. The van der Waals surface area contributed by atoms with Gasteiger partial charge in [0.05, 0.1) is 12.2 Å². The predicted octanol–water partition coefficient (Wildman–Crippen LogP) is 7.20. The molecule has 0 radical (unpaired) electrons. The molecule has 0 unspecified atom stereocenters. The minimum Gasteiger partial charge on any atom is -0.490 e. The highest BCUT2D eigenvalue weighted by atomic mass is 19.1. The fourth-order valence-corrected chi connectivity index (χ4v) is 6.18. The fourth-order valence-electron chi connectivity index (χ4n) is 6.18. The van der Waals surface area contributed by atoms with E-state index in [-0.39, 0.29) is 11.7 Å². The van der Waals surface area contributed by atoms with E-state index in [0.717, 1.165) is 39.9 Å². The van der Waals surface area contributed by atoms with Gasteiger partial charge in [-0.1, -0.05) is 12.1 Å². The van der Waals surface area contributed by atoms with E-state index in [1.807, 2.05) is 72.7 Å². The molecule has 1 atom stereocenters. The molecule has 0 fully saturated rings. The number of halogens is 1. The first-order chi connectivity index (χ1) is 19.3. The number of carbonyl (C=O) groups excluding carboxylic acids is 1. The van der Waals surface area contributed by atoms with E-state index in [0.29, 0.717) is 53.8 Å². The van der Waals surface area contributed by atoms with E-state index >= 15 is 4.39 Å². The Hall–Kier alpha value is -3.71. The molecule has 0 saturated heterocycles. The van der Waals surface area contributed by atoms with Crippen molar-refractivity contribution in [3.05, 3.63) is 80.7 Å². The fraction of sp³-hybridized carbons (Fsp3) is 0.412. The van der Waals surface area contributed by atoms with Crippen LogP contribution in [-0.2, 0) is 22.4 Å². The SMILES string of the molecule is Cc1cccc(C(=O)N2CCc3c2cc(C)c([C@H](OC(C)(C)C)C(=O)O)c3-c2cc(F)c3c(c2C)CCCO3)c1C. The van der Waals surface area contributed by atoms with Gasteiger partial charge in [0, 0.05) is 28.9 Å². The smallest absolute Gasteiger partial charge is 0.337 e. The largest absolute Gasteiger partial charge is 0.490 e. The van der Waals surface area contributed by atoms with Gasteiger partial charge < -0.3 is 19.5 Å². The summed E-state index contributed by atoms with van der Waals surface area (Å²) in [6.45, 7) is 14.1. The highest BCUT2D eigenvalue weighted by Crippen LogP contribution is 2.48. The standard InChI is InChI=1S/C34H38FNO5/c1-18-10-8-11-23(20(18)3)32(37)36-14-13-24-27(36)16-19(2)28(31(33(38)39)41-34(5,6)7)29(24)25-17-26(35)30-22(21(25)4)12-9-15-40-30/h8,10-11,16-17,31H,9,12-15H2,1-7H3,(H,38,39)/t31-/m0/s1. The lowest BCUT2D eigenvalue weighted by atomic mass is 9.83. The van der Waals surface area contributed by atoms with Crippen molar-refractivity contribution in [3.8, 4) is 16.9 Å². The lowest BCUT2D eigenvalue weighted by Gasteiger charge is -2.30. The molecule has 0 aromatic heterocycles. The lowest BCUT2D eigenvalue weighted by Crippen LogP contribution is -2.30. The summed E-state index contributed by atoms with van der Waals surface area (Å²) >= 11 is 0. The number of ether oxygens (including phenoxy) is 2. The van der Waals surface area contributed by atoms with Crippen molar-refractivity contribution in [1.29, 1.82) is 0 Å². The molecule has 2 aliphatic heterocycles. The molecular weight excluding hydrogens is 521 g/mol. The summed E-state index contributed by atoms with van der Waals surface area (Å²) in [7, 11) is 0. The van der Waals surface area contributed by atoms with Crippen LogP contribution in [0.1, 0.15) is 82.6 Å². The summed E-state index contributed by atoms with van der Waals surface area (Å²) in [6.07, 6.45) is 0.672. The summed E-state index contributed by atoms with van der Waals surface area (Å²) < 4.78 is 27.4. The first-order valence-electron chi connectivity index (χ1n) is 14.2. The normalized spacial score (nSPS) is 15.3. The van der Waals surface area contributed by atoms with Crippen molar-refractivity contribution in [3.63, 3.8) is 0 Å². The number of aliphatic carboxylic acids is 1. The molecule has 0 saturated carbocycles. The van der Waals surface area contributed by atoms with Gasteiger partial charge >= 0.3 is 5.97 Å². The van der Waals surface area contributed by atoms with Crippen molar-refractivity contribution in [2.24, 2.45) is 0 Å². The van der Waals surface area contributed by atoms with Crippen molar-refractivity contribution < 1.29 is 28.6 Å². The Labute approximate surface area is 241 Å².